The second-order valence-electron chi connectivity index (χ2n) is 7.36. The van der Waals surface area contributed by atoms with Crippen LogP contribution in [-0.4, -0.2) is 40.0 Å². The molecule has 26 heavy (non-hydrogen) atoms. The van der Waals surface area contributed by atoms with E-state index in [1.54, 1.807) is 6.20 Å². The lowest BCUT2D eigenvalue weighted by Gasteiger charge is -2.35. The minimum atomic E-state index is 0.562. The highest BCUT2D eigenvalue weighted by Crippen LogP contribution is 2.28. The molecular formula is C21H25ClN4. The predicted octanol–water partition coefficient (Wildman–Crippen LogP) is 5.17. The summed E-state index contributed by atoms with van der Waals surface area (Å²) in [6.45, 7) is 6.91. The molecule has 0 bridgehead atoms. The molecule has 3 aromatic rings. The normalized spacial score (nSPS) is 16.5. The first kappa shape index (κ1) is 17.4. The Morgan fingerprint density at radius 2 is 1.88 bits per heavy atom. The maximum atomic E-state index is 6.25. The van der Waals surface area contributed by atoms with E-state index >= 15 is 0 Å². The number of likely N-dealkylation sites (tertiary alicyclic amines) is 1. The van der Waals surface area contributed by atoms with Gasteiger partial charge in [-0.2, -0.15) is 0 Å². The lowest BCUT2D eigenvalue weighted by Crippen LogP contribution is -2.42. The average molecular weight is 369 g/mol. The number of rotatable bonds is 4. The quantitative estimate of drug-likeness (QED) is 0.667. The van der Waals surface area contributed by atoms with Crippen LogP contribution in [-0.2, 0) is 0 Å². The molecule has 0 saturated carbocycles. The largest absolute Gasteiger partial charge is 0.382 e. The number of benzene rings is 1. The third-order valence-electron chi connectivity index (χ3n) is 5.31. The van der Waals surface area contributed by atoms with Crippen LogP contribution < -0.4 is 5.32 Å². The average Bonchev–Trinajstić information content (AvgIpc) is 3.08. The van der Waals surface area contributed by atoms with Gasteiger partial charge in [-0.3, -0.25) is 0 Å². The number of hydrogen-bond acceptors (Lipinski definition) is 3. The van der Waals surface area contributed by atoms with Gasteiger partial charge in [0.25, 0.3) is 0 Å². The van der Waals surface area contributed by atoms with Crippen LogP contribution in [0.1, 0.15) is 26.7 Å². The Bertz CT molecular complexity index is 877. The predicted molar refractivity (Wildman–Crippen MR) is 110 cm³/mol. The van der Waals surface area contributed by atoms with Crippen LogP contribution in [0.4, 0.5) is 5.69 Å². The molecule has 0 spiro atoms. The lowest BCUT2D eigenvalue weighted by atomic mass is 10.0. The van der Waals surface area contributed by atoms with Crippen molar-refractivity contribution >= 4 is 28.3 Å². The Morgan fingerprint density at radius 3 is 2.54 bits per heavy atom. The molecule has 1 saturated heterocycles. The summed E-state index contributed by atoms with van der Waals surface area (Å²) in [6, 6.07) is 13.7. The van der Waals surface area contributed by atoms with E-state index in [0.717, 1.165) is 27.3 Å². The highest BCUT2D eigenvalue weighted by molar-refractivity contribution is 6.35. The van der Waals surface area contributed by atoms with Crippen LogP contribution >= 0.6 is 11.6 Å². The summed E-state index contributed by atoms with van der Waals surface area (Å²) >= 11 is 6.25. The van der Waals surface area contributed by atoms with Gasteiger partial charge in [-0.25, -0.2) is 4.98 Å². The minimum Gasteiger partial charge on any atom is -0.382 e. The van der Waals surface area contributed by atoms with E-state index in [2.05, 4.69) is 64.4 Å². The Labute approximate surface area is 159 Å². The van der Waals surface area contributed by atoms with Crippen LogP contribution in [0.5, 0.6) is 0 Å². The number of aromatic amines is 1. The highest BCUT2D eigenvalue weighted by atomic mass is 35.5. The van der Waals surface area contributed by atoms with E-state index in [9.17, 15) is 0 Å². The van der Waals surface area contributed by atoms with E-state index in [1.807, 2.05) is 6.07 Å². The third kappa shape index (κ3) is 3.57. The fraction of sp³-hybridized carbons (Fsp3) is 0.381. The van der Waals surface area contributed by atoms with Crippen LogP contribution in [0, 0.1) is 0 Å². The van der Waals surface area contributed by atoms with Gasteiger partial charge < -0.3 is 15.2 Å². The van der Waals surface area contributed by atoms with E-state index in [4.69, 9.17) is 11.6 Å². The summed E-state index contributed by atoms with van der Waals surface area (Å²) in [6.07, 6.45) is 4.13. The Morgan fingerprint density at radius 1 is 1.15 bits per heavy atom. The maximum absolute atomic E-state index is 6.25. The van der Waals surface area contributed by atoms with Gasteiger partial charge in [0.1, 0.15) is 5.65 Å². The van der Waals surface area contributed by atoms with E-state index < -0.39 is 0 Å². The fourth-order valence-corrected chi connectivity index (χ4v) is 3.89. The number of hydrogen-bond donors (Lipinski definition) is 2. The number of pyridine rings is 1. The molecule has 1 aromatic carbocycles. The van der Waals surface area contributed by atoms with Crippen molar-refractivity contribution in [2.24, 2.45) is 0 Å². The molecule has 136 valence electrons. The van der Waals surface area contributed by atoms with Gasteiger partial charge >= 0.3 is 0 Å². The summed E-state index contributed by atoms with van der Waals surface area (Å²) in [5, 5.41) is 5.37. The molecule has 1 aliphatic heterocycles. The number of nitrogens with one attached hydrogen (secondary N) is 2. The highest BCUT2D eigenvalue weighted by Gasteiger charge is 2.20. The van der Waals surface area contributed by atoms with Crippen molar-refractivity contribution in [3.05, 3.63) is 47.6 Å². The summed E-state index contributed by atoms with van der Waals surface area (Å²) in [4.78, 5) is 10.2. The molecule has 1 fully saturated rings. The van der Waals surface area contributed by atoms with Gasteiger partial charge in [-0.1, -0.05) is 23.7 Å². The molecule has 0 unspecified atom stereocenters. The number of fused-ring (bicyclic) bond motifs is 1. The smallest absolute Gasteiger partial charge is 0.139 e. The van der Waals surface area contributed by atoms with Crippen molar-refractivity contribution in [2.75, 3.05) is 18.4 Å². The number of piperidine rings is 1. The van der Waals surface area contributed by atoms with Crippen molar-refractivity contribution in [2.45, 2.75) is 38.8 Å². The number of H-pyrrole nitrogens is 1. The van der Waals surface area contributed by atoms with Gasteiger partial charge in [0, 0.05) is 48.1 Å². The zero-order chi connectivity index (χ0) is 18.1. The van der Waals surface area contributed by atoms with Crippen LogP contribution in [0.3, 0.4) is 0 Å². The molecule has 2 N–H and O–H groups in total. The monoisotopic (exact) mass is 368 g/mol. The SMILES string of the molecule is CC(C)N1CCC(Nc2ccc(-c3cc4c(Cl)ccnc4[nH]3)cc2)CC1. The Balaban J connectivity index is 1.44. The second-order valence-corrected chi connectivity index (χ2v) is 7.77. The maximum Gasteiger partial charge on any atom is 0.139 e. The molecule has 0 aliphatic carbocycles. The summed E-state index contributed by atoms with van der Waals surface area (Å²) < 4.78 is 0. The van der Waals surface area contributed by atoms with Crippen molar-refractivity contribution in [3.8, 4) is 11.3 Å². The molecule has 4 rings (SSSR count). The molecule has 4 nitrogen and oxygen atoms in total. The molecule has 0 radical (unpaired) electrons. The van der Waals surface area contributed by atoms with Gasteiger partial charge in [0.15, 0.2) is 0 Å². The number of aromatic nitrogens is 2. The molecule has 3 heterocycles. The number of nitrogens with zero attached hydrogens (tertiary/aromatic N) is 2. The summed E-state index contributed by atoms with van der Waals surface area (Å²) in [5.74, 6) is 0. The van der Waals surface area contributed by atoms with Crippen molar-refractivity contribution in [3.63, 3.8) is 0 Å². The van der Waals surface area contributed by atoms with Gasteiger partial charge in [0.05, 0.1) is 5.02 Å². The standard InChI is InChI=1S/C21H25ClN4/c1-14(2)26-11-8-17(9-12-26)24-16-5-3-15(4-6-16)20-13-18-19(22)7-10-23-21(18)25-20/h3-7,10,13-14,17,24H,8-9,11-12H2,1-2H3,(H,23,25). The first-order chi connectivity index (χ1) is 12.6. The first-order valence-electron chi connectivity index (χ1n) is 9.34. The van der Waals surface area contributed by atoms with Gasteiger partial charge in [-0.15, -0.1) is 0 Å². The first-order valence-corrected chi connectivity index (χ1v) is 9.72. The number of halogens is 1. The Hall–Kier alpha value is -2.04. The van der Waals surface area contributed by atoms with E-state index in [1.165, 1.54) is 31.6 Å². The summed E-state index contributed by atoms with van der Waals surface area (Å²) in [5.41, 5.74) is 4.19. The van der Waals surface area contributed by atoms with Gasteiger partial charge in [-0.05, 0) is 56.5 Å². The summed E-state index contributed by atoms with van der Waals surface area (Å²) in [7, 11) is 0. The van der Waals surface area contributed by atoms with Crippen LogP contribution in [0.15, 0.2) is 42.6 Å². The molecular weight excluding hydrogens is 344 g/mol. The zero-order valence-electron chi connectivity index (χ0n) is 15.3. The van der Waals surface area contributed by atoms with Crippen molar-refractivity contribution in [1.82, 2.24) is 14.9 Å². The minimum absolute atomic E-state index is 0.562. The lowest BCUT2D eigenvalue weighted by molar-refractivity contribution is 0.177. The topological polar surface area (TPSA) is 44.0 Å². The van der Waals surface area contributed by atoms with Crippen molar-refractivity contribution in [1.29, 1.82) is 0 Å². The molecule has 0 amide bonds. The van der Waals surface area contributed by atoms with Crippen molar-refractivity contribution < 1.29 is 0 Å². The third-order valence-corrected chi connectivity index (χ3v) is 5.63. The van der Waals surface area contributed by atoms with E-state index in [0.29, 0.717) is 12.1 Å². The van der Waals surface area contributed by atoms with Gasteiger partial charge in [0.2, 0.25) is 0 Å². The van der Waals surface area contributed by atoms with Crippen LogP contribution in [0.2, 0.25) is 5.02 Å². The Kier molecular flexibility index (Phi) is 4.88. The van der Waals surface area contributed by atoms with Crippen LogP contribution in [0.25, 0.3) is 22.3 Å². The molecule has 0 atom stereocenters. The zero-order valence-corrected chi connectivity index (χ0v) is 16.1. The van der Waals surface area contributed by atoms with E-state index in [-0.39, 0.29) is 0 Å². The molecule has 5 heteroatoms. The second kappa shape index (κ2) is 7.29. The fourth-order valence-electron chi connectivity index (χ4n) is 3.69. The molecule has 2 aromatic heterocycles. The molecule has 1 aliphatic rings. The number of anilines is 1.